The van der Waals surface area contributed by atoms with Gasteiger partial charge < -0.3 is 20.1 Å². The van der Waals surface area contributed by atoms with Crippen LogP contribution < -0.4 is 15.4 Å². The van der Waals surface area contributed by atoms with Crippen LogP contribution in [0.1, 0.15) is 40.1 Å². The van der Waals surface area contributed by atoms with Crippen LogP contribution in [0, 0.1) is 6.92 Å². The van der Waals surface area contributed by atoms with E-state index in [1.807, 2.05) is 48.7 Å². The Morgan fingerprint density at radius 2 is 1.59 bits per heavy atom. The van der Waals surface area contributed by atoms with Gasteiger partial charge in [0.15, 0.2) is 6.10 Å². The lowest BCUT2D eigenvalue weighted by atomic mass is 10.0. The number of carbonyl (C=O) groups is 3. The Balaban J connectivity index is 1.44. The second kappa shape index (κ2) is 12.7. The van der Waals surface area contributed by atoms with E-state index in [4.69, 9.17) is 9.47 Å². The maximum atomic E-state index is 13.0. The normalized spacial score (nSPS) is 11.4. The number of anilines is 2. The molecule has 7 nitrogen and oxygen atoms in total. The number of hydrogen-bond acceptors (Lipinski definition) is 6. The summed E-state index contributed by atoms with van der Waals surface area (Å²) in [5.74, 6) is -0.739. The van der Waals surface area contributed by atoms with Gasteiger partial charge in [0.2, 0.25) is 0 Å². The lowest BCUT2D eigenvalue weighted by Crippen LogP contribution is -2.30. The topological polar surface area (TPSA) is 93.7 Å². The number of aryl methyl sites for hydroxylation is 1. The molecule has 1 atom stereocenters. The molecule has 3 aromatic carbocycles. The Morgan fingerprint density at radius 3 is 2.23 bits per heavy atom. The molecule has 4 rings (SSSR count). The summed E-state index contributed by atoms with van der Waals surface area (Å²) in [6, 6.07) is 21.5. The van der Waals surface area contributed by atoms with Gasteiger partial charge in [-0.1, -0.05) is 45.8 Å². The first-order valence-corrected chi connectivity index (χ1v) is 13.9. The van der Waals surface area contributed by atoms with Crippen molar-refractivity contribution >= 4 is 55.7 Å². The maximum absolute atomic E-state index is 13.0. The number of rotatable bonds is 9. The third-order valence-electron chi connectivity index (χ3n) is 5.77. The molecule has 0 saturated carbocycles. The molecule has 0 fully saturated rings. The van der Waals surface area contributed by atoms with Gasteiger partial charge in [-0.15, -0.1) is 11.3 Å². The van der Waals surface area contributed by atoms with E-state index in [1.54, 1.807) is 50.2 Å². The summed E-state index contributed by atoms with van der Waals surface area (Å²) in [6.07, 6.45) is -0.758. The van der Waals surface area contributed by atoms with E-state index < -0.39 is 12.1 Å². The third kappa shape index (κ3) is 7.13. The Bertz CT molecular complexity index is 1460. The molecule has 1 heterocycles. The minimum absolute atomic E-state index is 0.219. The molecule has 1 aromatic heterocycles. The highest BCUT2D eigenvalue weighted by Gasteiger charge is 2.23. The molecule has 0 aliphatic heterocycles. The fourth-order valence-electron chi connectivity index (χ4n) is 3.70. The van der Waals surface area contributed by atoms with E-state index in [0.717, 1.165) is 15.6 Å². The monoisotopic (exact) mass is 606 g/mol. The van der Waals surface area contributed by atoms with Gasteiger partial charge in [-0.25, -0.2) is 4.79 Å². The summed E-state index contributed by atoms with van der Waals surface area (Å²) in [7, 11) is 0. The largest absolute Gasteiger partial charge is 0.481 e. The highest BCUT2D eigenvalue weighted by molar-refractivity contribution is 9.10. The SMILES string of the molecule is CCOC(=O)c1c(-c2ccc(C)cc2)csc1NC(=O)c1ccc(O[C@H](C)C(=O)Nc2ccc(Br)cc2)cc1. The molecular weight excluding hydrogens is 580 g/mol. The van der Waals surface area contributed by atoms with Crippen LogP contribution in [-0.2, 0) is 9.53 Å². The van der Waals surface area contributed by atoms with E-state index >= 15 is 0 Å². The van der Waals surface area contributed by atoms with Crippen LogP contribution in [0.3, 0.4) is 0 Å². The molecule has 0 radical (unpaired) electrons. The Hall–Kier alpha value is -3.95. The fourth-order valence-corrected chi connectivity index (χ4v) is 4.91. The van der Waals surface area contributed by atoms with Gasteiger partial charge in [-0.2, -0.15) is 0 Å². The van der Waals surface area contributed by atoms with E-state index in [-0.39, 0.29) is 18.4 Å². The Morgan fingerprint density at radius 1 is 0.923 bits per heavy atom. The van der Waals surface area contributed by atoms with Crippen molar-refractivity contribution in [3.63, 3.8) is 0 Å². The van der Waals surface area contributed by atoms with Crippen molar-refractivity contribution in [2.45, 2.75) is 26.9 Å². The van der Waals surface area contributed by atoms with E-state index in [0.29, 0.717) is 33.1 Å². The van der Waals surface area contributed by atoms with Crippen LogP contribution in [-0.4, -0.2) is 30.5 Å². The van der Waals surface area contributed by atoms with E-state index in [1.165, 1.54) is 11.3 Å². The molecule has 2 N–H and O–H groups in total. The van der Waals surface area contributed by atoms with Crippen LogP contribution in [0.25, 0.3) is 11.1 Å². The number of hydrogen-bond donors (Lipinski definition) is 2. The van der Waals surface area contributed by atoms with Gasteiger partial charge in [-0.3, -0.25) is 9.59 Å². The van der Waals surface area contributed by atoms with Crippen LogP contribution >= 0.6 is 27.3 Å². The first kappa shape index (κ1) is 28.1. The van der Waals surface area contributed by atoms with Crippen LogP contribution in [0.2, 0.25) is 0 Å². The number of nitrogens with one attached hydrogen (secondary N) is 2. The number of thiophene rings is 1. The summed E-state index contributed by atoms with van der Waals surface area (Å²) in [6.45, 7) is 5.60. The molecule has 0 aliphatic carbocycles. The number of carbonyl (C=O) groups excluding carboxylic acids is 3. The van der Waals surface area contributed by atoms with Gasteiger partial charge in [-0.05, 0) is 74.9 Å². The van der Waals surface area contributed by atoms with Crippen molar-refractivity contribution in [3.05, 3.63) is 99.3 Å². The molecule has 0 unspecified atom stereocenters. The number of benzene rings is 3. The number of amides is 2. The maximum Gasteiger partial charge on any atom is 0.341 e. The summed E-state index contributed by atoms with van der Waals surface area (Å²) in [5.41, 5.74) is 4.02. The second-order valence-electron chi connectivity index (χ2n) is 8.67. The lowest BCUT2D eigenvalue weighted by molar-refractivity contribution is -0.122. The van der Waals surface area contributed by atoms with Crippen LogP contribution in [0.5, 0.6) is 5.75 Å². The molecule has 0 aliphatic rings. The highest BCUT2D eigenvalue weighted by atomic mass is 79.9. The van der Waals surface area contributed by atoms with Crippen molar-refractivity contribution in [2.24, 2.45) is 0 Å². The zero-order valence-electron chi connectivity index (χ0n) is 21.6. The van der Waals surface area contributed by atoms with Crippen molar-refractivity contribution in [1.82, 2.24) is 0 Å². The quantitative estimate of drug-likeness (QED) is 0.195. The zero-order valence-corrected chi connectivity index (χ0v) is 24.0. The lowest BCUT2D eigenvalue weighted by Gasteiger charge is -2.15. The second-order valence-corrected chi connectivity index (χ2v) is 10.5. The number of esters is 1. The van der Waals surface area contributed by atoms with Gasteiger partial charge >= 0.3 is 5.97 Å². The van der Waals surface area contributed by atoms with Gasteiger partial charge in [0.25, 0.3) is 11.8 Å². The van der Waals surface area contributed by atoms with Crippen LogP contribution in [0.15, 0.2) is 82.6 Å². The average Bonchev–Trinajstić information content (AvgIpc) is 3.34. The smallest absolute Gasteiger partial charge is 0.341 e. The standard InChI is InChI=1S/C30H27BrN2O5S/c1-4-37-30(36)26-25(20-7-5-18(2)6-8-20)17-39-29(26)33-28(35)21-9-15-24(16-10-21)38-19(3)27(34)32-23-13-11-22(31)12-14-23/h5-17,19H,4H2,1-3H3,(H,32,34)(H,33,35)/t19-/m1/s1. The Kier molecular flexibility index (Phi) is 9.16. The Labute approximate surface area is 239 Å². The molecule has 0 saturated heterocycles. The minimum atomic E-state index is -0.758. The van der Waals surface area contributed by atoms with Gasteiger partial charge in [0, 0.05) is 26.7 Å². The molecule has 4 aromatic rings. The molecule has 9 heteroatoms. The highest BCUT2D eigenvalue weighted by Crippen LogP contribution is 2.36. The summed E-state index contributed by atoms with van der Waals surface area (Å²) >= 11 is 4.63. The fraction of sp³-hybridized carbons (Fsp3) is 0.167. The predicted octanol–water partition coefficient (Wildman–Crippen LogP) is 7.32. The molecule has 200 valence electrons. The molecular formula is C30H27BrN2O5S. The predicted molar refractivity (Wildman–Crippen MR) is 158 cm³/mol. The molecule has 39 heavy (non-hydrogen) atoms. The number of halogens is 1. The van der Waals surface area contributed by atoms with E-state index in [2.05, 4.69) is 26.6 Å². The minimum Gasteiger partial charge on any atom is -0.481 e. The van der Waals surface area contributed by atoms with E-state index in [9.17, 15) is 14.4 Å². The zero-order chi connectivity index (χ0) is 27.9. The van der Waals surface area contributed by atoms with Gasteiger partial charge in [0.1, 0.15) is 16.3 Å². The molecule has 0 bridgehead atoms. The first-order chi connectivity index (χ1) is 18.7. The summed E-state index contributed by atoms with van der Waals surface area (Å²) in [4.78, 5) is 38.3. The van der Waals surface area contributed by atoms with Crippen molar-refractivity contribution in [1.29, 1.82) is 0 Å². The molecule has 0 spiro atoms. The number of ether oxygens (including phenoxy) is 2. The van der Waals surface area contributed by atoms with Gasteiger partial charge in [0.05, 0.1) is 6.61 Å². The molecule has 2 amide bonds. The van der Waals surface area contributed by atoms with Crippen molar-refractivity contribution in [3.8, 4) is 16.9 Å². The summed E-state index contributed by atoms with van der Waals surface area (Å²) in [5, 5.41) is 7.90. The van der Waals surface area contributed by atoms with Crippen LogP contribution in [0.4, 0.5) is 10.7 Å². The first-order valence-electron chi connectivity index (χ1n) is 12.2. The average molecular weight is 608 g/mol. The third-order valence-corrected chi connectivity index (χ3v) is 7.19. The van der Waals surface area contributed by atoms with Crippen molar-refractivity contribution in [2.75, 3.05) is 17.2 Å². The van der Waals surface area contributed by atoms with Crippen molar-refractivity contribution < 1.29 is 23.9 Å². The summed E-state index contributed by atoms with van der Waals surface area (Å²) < 4.78 is 11.9.